The predicted molar refractivity (Wildman–Crippen MR) is 108 cm³/mol. The highest BCUT2D eigenvalue weighted by molar-refractivity contribution is 6.04. The van der Waals surface area contributed by atoms with Crippen LogP contribution in [0.5, 0.6) is 5.75 Å². The van der Waals surface area contributed by atoms with E-state index in [1.165, 1.54) is 0 Å². The summed E-state index contributed by atoms with van der Waals surface area (Å²) in [6.45, 7) is 3.98. The van der Waals surface area contributed by atoms with Gasteiger partial charge in [-0.1, -0.05) is 6.92 Å². The van der Waals surface area contributed by atoms with E-state index in [9.17, 15) is 9.59 Å². The van der Waals surface area contributed by atoms with E-state index in [0.717, 1.165) is 31.6 Å². The maximum Gasteiger partial charge on any atom is 0.255 e. The van der Waals surface area contributed by atoms with Crippen LogP contribution in [0.25, 0.3) is 0 Å². The Labute approximate surface area is 165 Å². The number of hydrogen-bond donors (Lipinski definition) is 2. The molecule has 6 heteroatoms. The lowest BCUT2D eigenvalue weighted by atomic mass is 10.1. The fraction of sp³-hybridized carbons (Fsp3) is 0.364. The van der Waals surface area contributed by atoms with Crippen LogP contribution in [0.4, 0.5) is 5.69 Å². The number of anilines is 1. The van der Waals surface area contributed by atoms with E-state index in [1.54, 1.807) is 48.5 Å². The van der Waals surface area contributed by atoms with Crippen LogP contribution in [0.1, 0.15) is 46.9 Å². The second kappa shape index (κ2) is 9.90. The van der Waals surface area contributed by atoms with Crippen LogP contribution < -0.4 is 15.4 Å². The molecule has 1 aliphatic rings. The fourth-order valence-corrected chi connectivity index (χ4v) is 2.94. The van der Waals surface area contributed by atoms with Crippen molar-refractivity contribution in [3.8, 4) is 5.75 Å². The first-order valence-electron chi connectivity index (χ1n) is 9.70. The summed E-state index contributed by atoms with van der Waals surface area (Å²) in [6.07, 6.45) is 3.08. The lowest BCUT2D eigenvalue weighted by Crippen LogP contribution is -2.31. The van der Waals surface area contributed by atoms with Crippen molar-refractivity contribution in [3.63, 3.8) is 0 Å². The van der Waals surface area contributed by atoms with Crippen molar-refractivity contribution in [2.45, 2.75) is 32.3 Å². The predicted octanol–water partition coefficient (Wildman–Crippen LogP) is 3.64. The first-order valence-corrected chi connectivity index (χ1v) is 9.70. The minimum absolute atomic E-state index is 0.112. The molecule has 0 aliphatic carbocycles. The molecule has 0 saturated carbocycles. The van der Waals surface area contributed by atoms with E-state index >= 15 is 0 Å². The maximum atomic E-state index is 12.4. The van der Waals surface area contributed by atoms with Crippen LogP contribution in [0, 0.1) is 0 Å². The van der Waals surface area contributed by atoms with E-state index in [0.29, 0.717) is 30.0 Å². The molecule has 1 saturated heterocycles. The van der Waals surface area contributed by atoms with Crippen molar-refractivity contribution in [2.24, 2.45) is 0 Å². The SMILES string of the molecule is CCCOc1ccc(C(=O)Nc2ccc(C(=O)NC[C@H]3CCCO3)cc2)cc1. The lowest BCUT2D eigenvalue weighted by molar-refractivity contribution is 0.0857. The molecule has 1 aliphatic heterocycles. The maximum absolute atomic E-state index is 12.4. The van der Waals surface area contributed by atoms with Gasteiger partial charge in [-0.2, -0.15) is 0 Å². The second-order valence-electron chi connectivity index (χ2n) is 6.75. The summed E-state index contributed by atoms with van der Waals surface area (Å²) < 4.78 is 11.0. The largest absolute Gasteiger partial charge is 0.494 e. The summed E-state index contributed by atoms with van der Waals surface area (Å²) in [5, 5.41) is 5.72. The Bertz CT molecular complexity index is 781. The monoisotopic (exact) mass is 382 g/mol. The van der Waals surface area contributed by atoms with Crippen LogP contribution >= 0.6 is 0 Å². The third-order valence-corrected chi connectivity index (χ3v) is 4.51. The number of carbonyl (C=O) groups is 2. The summed E-state index contributed by atoms with van der Waals surface area (Å²) in [6, 6.07) is 13.9. The summed E-state index contributed by atoms with van der Waals surface area (Å²) in [5.41, 5.74) is 1.72. The zero-order valence-corrected chi connectivity index (χ0v) is 16.1. The summed E-state index contributed by atoms with van der Waals surface area (Å²) in [5.74, 6) is 0.394. The minimum Gasteiger partial charge on any atom is -0.494 e. The Morgan fingerprint density at radius 2 is 1.71 bits per heavy atom. The molecule has 2 aromatic rings. The van der Waals surface area contributed by atoms with Gasteiger partial charge in [-0.05, 0) is 67.8 Å². The molecule has 2 amide bonds. The van der Waals surface area contributed by atoms with Gasteiger partial charge in [-0.25, -0.2) is 0 Å². The number of benzene rings is 2. The summed E-state index contributed by atoms with van der Waals surface area (Å²) in [4.78, 5) is 24.6. The van der Waals surface area contributed by atoms with Crippen molar-refractivity contribution in [3.05, 3.63) is 59.7 Å². The van der Waals surface area contributed by atoms with Crippen LogP contribution in [0.2, 0.25) is 0 Å². The normalized spacial score (nSPS) is 15.8. The highest BCUT2D eigenvalue weighted by atomic mass is 16.5. The molecular weight excluding hydrogens is 356 g/mol. The average molecular weight is 382 g/mol. The second-order valence-corrected chi connectivity index (χ2v) is 6.75. The van der Waals surface area contributed by atoms with Gasteiger partial charge < -0.3 is 20.1 Å². The molecule has 0 bridgehead atoms. The average Bonchev–Trinajstić information content (AvgIpc) is 3.25. The molecule has 0 unspecified atom stereocenters. The van der Waals surface area contributed by atoms with Gasteiger partial charge in [0.2, 0.25) is 0 Å². The Kier molecular flexibility index (Phi) is 7.03. The highest BCUT2D eigenvalue weighted by Gasteiger charge is 2.16. The van der Waals surface area contributed by atoms with Crippen LogP contribution in [0.3, 0.4) is 0 Å². The quantitative estimate of drug-likeness (QED) is 0.731. The van der Waals surface area contributed by atoms with E-state index in [2.05, 4.69) is 10.6 Å². The first-order chi connectivity index (χ1) is 13.7. The Morgan fingerprint density at radius 3 is 2.36 bits per heavy atom. The lowest BCUT2D eigenvalue weighted by Gasteiger charge is -2.11. The van der Waals surface area contributed by atoms with Gasteiger partial charge in [0.25, 0.3) is 11.8 Å². The third-order valence-electron chi connectivity index (χ3n) is 4.51. The summed E-state index contributed by atoms with van der Waals surface area (Å²) in [7, 11) is 0. The van der Waals surface area contributed by atoms with Gasteiger partial charge in [0, 0.05) is 30.0 Å². The molecule has 3 rings (SSSR count). The molecule has 2 N–H and O–H groups in total. The number of rotatable bonds is 8. The Balaban J connectivity index is 1.51. The van der Waals surface area contributed by atoms with Crippen molar-refractivity contribution < 1.29 is 19.1 Å². The molecule has 2 aromatic carbocycles. The molecule has 0 aromatic heterocycles. The molecule has 6 nitrogen and oxygen atoms in total. The number of hydrogen-bond acceptors (Lipinski definition) is 4. The standard InChI is InChI=1S/C22H26N2O4/c1-2-13-27-19-11-7-17(8-12-19)22(26)24-18-9-5-16(6-10-18)21(25)23-15-20-4-3-14-28-20/h5-12,20H,2-4,13-15H2,1H3,(H,23,25)(H,24,26)/t20-/m1/s1. The molecule has 148 valence electrons. The van der Waals surface area contributed by atoms with Crippen molar-refractivity contribution >= 4 is 17.5 Å². The van der Waals surface area contributed by atoms with Crippen LogP contribution in [-0.2, 0) is 4.74 Å². The van der Waals surface area contributed by atoms with Crippen LogP contribution in [-0.4, -0.2) is 37.7 Å². The smallest absolute Gasteiger partial charge is 0.255 e. The molecule has 0 radical (unpaired) electrons. The van der Waals surface area contributed by atoms with Crippen molar-refractivity contribution in [2.75, 3.05) is 25.1 Å². The number of ether oxygens (including phenoxy) is 2. The third kappa shape index (κ3) is 5.57. The van der Waals surface area contributed by atoms with Crippen molar-refractivity contribution in [1.82, 2.24) is 5.32 Å². The molecule has 28 heavy (non-hydrogen) atoms. The number of nitrogens with one attached hydrogen (secondary N) is 2. The molecular formula is C22H26N2O4. The Morgan fingerprint density at radius 1 is 1.04 bits per heavy atom. The van der Waals surface area contributed by atoms with Crippen LogP contribution in [0.15, 0.2) is 48.5 Å². The van der Waals surface area contributed by atoms with Gasteiger partial charge in [-0.3, -0.25) is 9.59 Å². The topological polar surface area (TPSA) is 76.7 Å². The van der Waals surface area contributed by atoms with Gasteiger partial charge in [0.1, 0.15) is 5.75 Å². The van der Waals surface area contributed by atoms with Gasteiger partial charge in [0.15, 0.2) is 0 Å². The zero-order chi connectivity index (χ0) is 19.8. The minimum atomic E-state index is -0.211. The van der Waals surface area contributed by atoms with Gasteiger partial charge in [0.05, 0.1) is 12.7 Å². The Hall–Kier alpha value is -2.86. The summed E-state index contributed by atoms with van der Waals surface area (Å²) >= 11 is 0. The number of carbonyl (C=O) groups excluding carboxylic acids is 2. The van der Waals surface area contributed by atoms with Crippen molar-refractivity contribution in [1.29, 1.82) is 0 Å². The van der Waals surface area contributed by atoms with Gasteiger partial charge >= 0.3 is 0 Å². The number of amides is 2. The molecule has 1 heterocycles. The zero-order valence-electron chi connectivity index (χ0n) is 16.1. The first kappa shape index (κ1) is 19.9. The fourth-order valence-electron chi connectivity index (χ4n) is 2.94. The van der Waals surface area contributed by atoms with E-state index in [4.69, 9.17) is 9.47 Å². The van der Waals surface area contributed by atoms with E-state index in [1.807, 2.05) is 6.92 Å². The van der Waals surface area contributed by atoms with Gasteiger partial charge in [-0.15, -0.1) is 0 Å². The van der Waals surface area contributed by atoms with E-state index < -0.39 is 0 Å². The molecule has 0 spiro atoms. The van der Waals surface area contributed by atoms with E-state index in [-0.39, 0.29) is 17.9 Å². The molecule has 1 atom stereocenters. The highest BCUT2D eigenvalue weighted by Crippen LogP contribution is 2.16. The molecule has 1 fully saturated rings.